The van der Waals surface area contributed by atoms with Crippen molar-refractivity contribution < 1.29 is 9.84 Å². The van der Waals surface area contributed by atoms with Crippen LogP contribution in [0.1, 0.15) is 19.4 Å². The molecule has 1 rings (SSSR count). The Morgan fingerprint density at radius 3 is 2.81 bits per heavy atom. The van der Waals surface area contributed by atoms with Crippen LogP contribution in [0.25, 0.3) is 0 Å². The maximum atomic E-state index is 9.24. The van der Waals surface area contributed by atoms with Crippen molar-refractivity contribution in [3.8, 4) is 5.75 Å². The van der Waals surface area contributed by atoms with E-state index < -0.39 is 0 Å². The zero-order chi connectivity index (χ0) is 12.0. The summed E-state index contributed by atoms with van der Waals surface area (Å²) in [5, 5.41) is 12.9. The van der Waals surface area contributed by atoms with Gasteiger partial charge in [0.15, 0.2) is 0 Å². The number of phenols is 1. The van der Waals surface area contributed by atoms with E-state index in [1.54, 1.807) is 12.1 Å². The minimum absolute atomic E-state index is 0.119. The first kappa shape index (κ1) is 13.3. The second kappa shape index (κ2) is 6.74. The van der Waals surface area contributed by atoms with Crippen molar-refractivity contribution in [1.82, 2.24) is 5.32 Å². The summed E-state index contributed by atoms with van der Waals surface area (Å²) in [6.45, 7) is 6.25. The van der Waals surface area contributed by atoms with Gasteiger partial charge in [0.2, 0.25) is 0 Å². The predicted molar refractivity (Wildman–Crippen MR) is 65.9 cm³/mol. The fraction of sp³-hybridized carbons (Fsp3) is 0.500. The topological polar surface area (TPSA) is 41.5 Å². The average Bonchev–Trinajstić information content (AvgIpc) is 2.22. The van der Waals surface area contributed by atoms with Gasteiger partial charge in [0.25, 0.3) is 0 Å². The molecule has 0 aliphatic heterocycles. The quantitative estimate of drug-likeness (QED) is 0.755. The Labute approximate surface area is 101 Å². The number of ether oxygens (including phenoxy) is 1. The van der Waals surface area contributed by atoms with E-state index in [2.05, 4.69) is 5.32 Å². The normalized spacial score (nSPS) is 11.0. The Kier molecular flexibility index (Phi) is 5.60. The van der Waals surface area contributed by atoms with E-state index in [4.69, 9.17) is 16.3 Å². The molecule has 0 aliphatic rings. The smallest absolute Gasteiger partial charge is 0.134 e. The lowest BCUT2D eigenvalue weighted by Gasteiger charge is -2.09. The number of nitrogens with one attached hydrogen (secondary N) is 1. The summed E-state index contributed by atoms with van der Waals surface area (Å²) in [7, 11) is 0. The number of hydrogen-bond acceptors (Lipinski definition) is 3. The Morgan fingerprint density at radius 2 is 2.19 bits per heavy atom. The summed E-state index contributed by atoms with van der Waals surface area (Å²) in [5.41, 5.74) is 1.05. The van der Waals surface area contributed by atoms with E-state index >= 15 is 0 Å². The highest BCUT2D eigenvalue weighted by atomic mass is 35.5. The summed E-state index contributed by atoms with van der Waals surface area (Å²) < 4.78 is 5.39. The van der Waals surface area contributed by atoms with E-state index in [1.165, 1.54) is 0 Å². The first-order valence-corrected chi connectivity index (χ1v) is 5.77. The van der Waals surface area contributed by atoms with Crippen molar-refractivity contribution in [2.24, 2.45) is 0 Å². The zero-order valence-electron chi connectivity index (χ0n) is 9.66. The molecule has 1 aromatic carbocycles. The average molecular weight is 244 g/mol. The molecule has 0 aromatic heterocycles. The summed E-state index contributed by atoms with van der Waals surface area (Å²) in [5.74, 6) is 0.119. The minimum Gasteiger partial charge on any atom is -0.506 e. The summed E-state index contributed by atoms with van der Waals surface area (Å²) in [6.07, 6.45) is 0.268. The second-order valence-corrected chi connectivity index (χ2v) is 4.29. The third-order valence-corrected chi connectivity index (χ3v) is 2.37. The number of phenolic OH excluding ortho intramolecular Hbond substituents is 1. The van der Waals surface area contributed by atoms with Gasteiger partial charge in [-0.05, 0) is 31.5 Å². The van der Waals surface area contributed by atoms with Crippen molar-refractivity contribution in [3.63, 3.8) is 0 Å². The highest BCUT2D eigenvalue weighted by Gasteiger charge is 1.99. The lowest BCUT2D eigenvalue weighted by Crippen LogP contribution is -2.20. The van der Waals surface area contributed by atoms with Crippen molar-refractivity contribution in [2.75, 3.05) is 13.2 Å². The van der Waals surface area contributed by atoms with Gasteiger partial charge < -0.3 is 15.2 Å². The van der Waals surface area contributed by atoms with Crippen molar-refractivity contribution >= 4 is 11.6 Å². The van der Waals surface area contributed by atoms with Gasteiger partial charge in [-0.1, -0.05) is 17.7 Å². The van der Waals surface area contributed by atoms with Crippen LogP contribution < -0.4 is 5.32 Å². The van der Waals surface area contributed by atoms with Crippen LogP contribution in [-0.2, 0) is 11.3 Å². The van der Waals surface area contributed by atoms with Crippen LogP contribution in [0.2, 0.25) is 5.02 Å². The minimum atomic E-state index is 0.119. The van der Waals surface area contributed by atoms with Gasteiger partial charge in [-0.2, -0.15) is 0 Å². The Bertz CT molecular complexity index is 329. The predicted octanol–water partition coefficient (Wildman–Crippen LogP) is 2.56. The molecule has 0 spiro atoms. The highest BCUT2D eigenvalue weighted by molar-refractivity contribution is 6.32. The molecule has 4 heteroatoms. The maximum absolute atomic E-state index is 9.24. The number of benzene rings is 1. The van der Waals surface area contributed by atoms with E-state index in [0.717, 1.165) is 18.7 Å². The SMILES string of the molecule is CC(C)OCCNCc1ccc(O)c(Cl)c1. The van der Waals surface area contributed by atoms with Crippen molar-refractivity contribution in [2.45, 2.75) is 26.5 Å². The van der Waals surface area contributed by atoms with E-state index in [-0.39, 0.29) is 11.9 Å². The fourth-order valence-corrected chi connectivity index (χ4v) is 1.46. The van der Waals surface area contributed by atoms with Crippen LogP contribution in [0, 0.1) is 0 Å². The third-order valence-electron chi connectivity index (χ3n) is 2.07. The number of hydrogen-bond donors (Lipinski definition) is 2. The zero-order valence-corrected chi connectivity index (χ0v) is 10.4. The molecule has 0 amide bonds. The number of halogens is 1. The maximum Gasteiger partial charge on any atom is 0.134 e. The molecular formula is C12H18ClNO2. The van der Waals surface area contributed by atoms with Gasteiger partial charge in [0.1, 0.15) is 5.75 Å². The molecule has 0 saturated heterocycles. The number of rotatable bonds is 6. The molecule has 16 heavy (non-hydrogen) atoms. The molecular weight excluding hydrogens is 226 g/mol. The van der Waals surface area contributed by atoms with Crippen LogP contribution in [0.4, 0.5) is 0 Å². The first-order valence-electron chi connectivity index (χ1n) is 5.39. The fourth-order valence-electron chi connectivity index (χ4n) is 1.26. The van der Waals surface area contributed by atoms with Gasteiger partial charge in [-0.3, -0.25) is 0 Å². The van der Waals surface area contributed by atoms with Gasteiger partial charge in [-0.15, -0.1) is 0 Å². The van der Waals surface area contributed by atoms with E-state index in [0.29, 0.717) is 11.6 Å². The molecule has 0 unspecified atom stereocenters. The molecule has 0 heterocycles. The third kappa shape index (κ3) is 4.84. The van der Waals surface area contributed by atoms with Gasteiger partial charge in [0.05, 0.1) is 17.7 Å². The molecule has 0 radical (unpaired) electrons. The van der Waals surface area contributed by atoms with E-state index in [1.807, 2.05) is 19.9 Å². The Hall–Kier alpha value is -0.770. The van der Waals surface area contributed by atoms with Gasteiger partial charge in [-0.25, -0.2) is 0 Å². The standard InChI is InChI=1S/C12H18ClNO2/c1-9(2)16-6-5-14-8-10-3-4-12(15)11(13)7-10/h3-4,7,9,14-15H,5-6,8H2,1-2H3. The first-order chi connectivity index (χ1) is 7.59. The molecule has 0 aliphatic carbocycles. The molecule has 2 N–H and O–H groups in total. The molecule has 3 nitrogen and oxygen atoms in total. The molecule has 0 bridgehead atoms. The molecule has 1 aromatic rings. The molecule has 90 valence electrons. The summed E-state index contributed by atoms with van der Waals surface area (Å²) in [6, 6.07) is 5.20. The van der Waals surface area contributed by atoms with Crippen LogP contribution in [0.3, 0.4) is 0 Å². The van der Waals surface area contributed by atoms with Gasteiger partial charge >= 0.3 is 0 Å². The Balaban J connectivity index is 2.24. The van der Waals surface area contributed by atoms with Crippen LogP contribution in [0.5, 0.6) is 5.75 Å². The lowest BCUT2D eigenvalue weighted by atomic mass is 10.2. The molecule has 0 saturated carbocycles. The van der Waals surface area contributed by atoms with E-state index in [9.17, 15) is 5.11 Å². The Morgan fingerprint density at radius 1 is 1.44 bits per heavy atom. The highest BCUT2D eigenvalue weighted by Crippen LogP contribution is 2.23. The van der Waals surface area contributed by atoms with Crippen LogP contribution in [-0.4, -0.2) is 24.4 Å². The summed E-state index contributed by atoms with van der Waals surface area (Å²) >= 11 is 5.79. The van der Waals surface area contributed by atoms with Crippen LogP contribution >= 0.6 is 11.6 Å². The second-order valence-electron chi connectivity index (χ2n) is 3.88. The lowest BCUT2D eigenvalue weighted by molar-refractivity contribution is 0.0807. The molecule has 0 fully saturated rings. The van der Waals surface area contributed by atoms with Crippen LogP contribution in [0.15, 0.2) is 18.2 Å². The monoisotopic (exact) mass is 243 g/mol. The summed E-state index contributed by atoms with van der Waals surface area (Å²) in [4.78, 5) is 0. The largest absolute Gasteiger partial charge is 0.506 e. The molecule has 0 atom stereocenters. The van der Waals surface area contributed by atoms with Crippen molar-refractivity contribution in [3.05, 3.63) is 28.8 Å². The number of aromatic hydroxyl groups is 1. The van der Waals surface area contributed by atoms with Gasteiger partial charge in [0, 0.05) is 13.1 Å². The van der Waals surface area contributed by atoms with Crippen molar-refractivity contribution in [1.29, 1.82) is 0 Å².